The van der Waals surface area contributed by atoms with E-state index < -0.39 is 4.92 Å². The summed E-state index contributed by atoms with van der Waals surface area (Å²) < 4.78 is 1.64. The lowest BCUT2D eigenvalue weighted by Gasteiger charge is -2.33. The van der Waals surface area contributed by atoms with Gasteiger partial charge in [0.15, 0.2) is 0 Å². The number of carbonyl (C=O) groups excluding carboxylic acids is 1. The summed E-state index contributed by atoms with van der Waals surface area (Å²) in [5, 5.41) is 14.8. The van der Waals surface area contributed by atoms with Crippen LogP contribution in [0.25, 0.3) is 0 Å². The van der Waals surface area contributed by atoms with Crippen LogP contribution in [-0.4, -0.2) is 45.9 Å². The minimum Gasteiger partial charge on any atom is -0.369 e. The second-order valence-corrected chi connectivity index (χ2v) is 5.19. The van der Waals surface area contributed by atoms with Crippen LogP contribution in [0.3, 0.4) is 0 Å². The molecule has 1 aromatic rings. The standard InChI is InChI=1S/C12H17N5O3/c1-8-11(17(19)20)6-14-16(8)10-4-9(5-10)12(18)13-7-15(2)3/h6-7,9-10H,4-5H2,1-3H3. The van der Waals surface area contributed by atoms with Crippen molar-refractivity contribution in [1.29, 1.82) is 0 Å². The summed E-state index contributed by atoms with van der Waals surface area (Å²) in [7, 11) is 3.60. The van der Waals surface area contributed by atoms with Crippen molar-refractivity contribution in [2.24, 2.45) is 10.9 Å². The normalized spacial score (nSPS) is 21.8. The molecule has 1 saturated carbocycles. The first-order chi connectivity index (χ1) is 9.40. The number of hydrogen-bond donors (Lipinski definition) is 0. The van der Waals surface area contributed by atoms with E-state index in [0.29, 0.717) is 18.5 Å². The van der Waals surface area contributed by atoms with Crippen molar-refractivity contribution in [3.63, 3.8) is 0 Å². The van der Waals surface area contributed by atoms with Crippen LogP contribution in [-0.2, 0) is 4.79 Å². The van der Waals surface area contributed by atoms with Crippen LogP contribution in [0.2, 0.25) is 0 Å². The molecule has 1 amide bonds. The number of carbonyl (C=O) groups is 1. The molecule has 0 bridgehead atoms. The summed E-state index contributed by atoms with van der Waals surface area (Å²) in [5.74, 6) is -0.256. The molecule has 0 spiro atoms. The van der Waals surface area contributed by atoms with Gasteiger partial charge in [0.2, 0.25) is 5.91 Å². The van der Waals surface area contributed by atoms with E-state index >= 15 is 0 Å². The molecule has 20 heavy (non-hydrogen) atoms. The van der Waals surface area contributed by atoms with Gasteiger partial charge in [-0.2, -0.15) is 5.10 Å². The molecule has 1 aliphatic carbocycles. The second kappa shape index (κ2) is 5.40. The second-order valence-electron chi connectivity index (χ2n) is 5.19. The highest BCUT2D eigenvalue weighted by Gasteiger charge is 2.37. The largest absolute Gasteiger partial charge is 0.369 e. The Balaban J connectivity index is 1.97. The van der Waals surface area contributed by atoms with Gasteiger partial charge in [0.1, 0.15) is 11.9 Å². The molecule has 1 aromatic heterocycles. The van der Waals surface area contributed by atoms with Gasteiger partial charge in [0, 0.05) is 20.0 Å². The van der Waals surface area contributed by atoms with E-state index in [1.807, 2.05) is 0 Å². The van der Waals surface area contributed by atoms with Crippen LogP contribution in [0.15, 0.2) is 11.2 Å². The molecule has 2 rings (SSSR count). The van der Waals surface area contributed by atoms with Crippen molar-refractivity contribution in [3.05, 3.63) is 22.0 Å². The minimum atomic E-state index is -0.443. The molecule has 8 nitrogen and oxygen atoms in total. The number of hydrogen-bond acceptors (Lipinski definition) is 4. The summed E-state index contributed by atoms with van der Waals surface area (Å²) in [6.07, 6.45) is 4.00. The smallest absolute Gasteiger partial charge is 0.309 e. The number of amides is 1. The maximum atomic E-state index is 11.7. The third-order valence-electron chi connectivity index (χ3n) is 3.44. The summed E-state index contributed by atoms with van der Waals surface area (Å²) in [5.41, 5.74) is 0.549. The Hall–Kier alpha value is -2.25. The Morgan fingerprint density at radius 1 is 1.60 bits per heavy atom. The Bertz CT molecular complexity index is 557. The predicted molar refractivity (Wildman–Crippen MR) is 72.6 cm³/mol. The lowest BCUT2D eigenvalue weighted by atomic mass is 9.79. The van der Waals surface area contributed by atoms with Gasteiger partial charge < -0.3 is 4.90 Å². The quantitative estimate of drug-likeness (QED) is 0.357. The summed E-state index contributed by atoms with van der Waals surface area (Å²) in [4.78, 5) is 27.6. The third kappa shape index (κ3) is 2.68. The van der Waals surface area contributed by atoms with Gasteiger partial charge in [0.05, 0.1) is 17.3 Å². The number of aliphatic imine (C=N–C) groups is 1. The lowest BCUT2D eigenvalue weighted by Crippen LogP contribution is -2.33. The molecule has 108 valence electrons. The van der Waals surface area contributed by atoms with Gasteiger partial charge in [-0.1, -0.05) is 0 Å². The molecular weight excluding hydrogens is 262 g/mol. The molecule has 0 atom stereocenters. The molecule has 0 aliphatic heterocycles. The first kappa shape index (κ1) is 14.2. The number of rotatable bonds is 4. The fourth-order valence-corrected chi connectivity index (χ4v) is 2.23. The number of aromatic nitrogens is 2. The van der Waals surface area contributed by atoms with Gasteiger partial charge in [-0.3, -0.25) is 19.6 Å². The van der Waals surface area contributed by atoms with E-state index in [1.165, 1.54) is 12.5 Å². The highest BCUT2D eigenvalue weighted by atomic mass is 16.6. The van der Waals surface area contributed by atoms with Gasteiger partial charge >= 0.3 is 5.69 Å². The van der Waals surface area contributed by atoms with E-state index in [-0.39, 0.29) is 23.6 Å². The maximum absolute atomic E-state index is 11.7. The van der Waals surface area contributed by atoms with Crippen LogP contribution in [0.5, 0.6) is 0 Å². The zero-order valence-corrected chi connectivity index (χ0v) is 11.7. The summed E-state index contributed by atoms with van der Waals surface area (Å²) in [6, 6.07) is 0.0483. The topological polar surface area (TPSA) is 93.6 Å². The molecule has 0 aromatic carbocycles. The van der Waals surface area contributed by atoms with Crippen LogP contribution in [0.4, 0.5) is 5.69 Å². The monoisotopic (exact) mass is 279 g/mol. The highest BCUT2D eigenvalue weighted by molar-refractivity contribution is 5.86. The zero-order chi connectivity index (χ0) is 14.9. The summed E-state index contributed by atoms with van der Waals surface area (Å²) >= 11 is 0. The fourth-order valence-electron chi connectivity index (χ4n) is 2.23. The first-order valence-corrected chi connectivity index (χ1v) is 6.33. The predicted octanol–water partition coefficient (Wildman–Crippen LogP) is 1.17. The molecule has 8 heteroatoms. The Morgan fingerprint density at radius 3 is 2.75 bits per heavy atom. The zero-order valence-electron chi connectivity index (χ0n) is 11.7. The molecular formula is C12H17N5O3. The van der Waals surface area contributed by atoms with Crippen molar-refractivity contribution < 1.29 is 9.72 Å². The molecule has 1 fully saturated rings. The van der Waals surface area contributed by atoms with E-state index in [0.717, 1.165) is 0 Å². The minimum absolute atomic E-state index is 0.0189. The van der Waals surface area contributed by atoms with E-state index in [1.54, 1.807) is 30.6 Å². The Labute approximate surface area is 116 Å². The van der Waals surface area contributed by atoms with Gasteiger partial charge in [0.25, 0.3) is 0 Å². The first-order valence-electron chi connectivity index (χ1n) is 6.33. The van der Waals surface area contributed by atoms with E-state index in [2.05, 4.69) is 10.1 Å². The molecule has 1 aliphatic rings. The maximum Gasteiger partial charge on any atom is 0.309 e. The molecule has 1 heterocycles. The van der Waals surface area contributed by atoms with Crippen molar-refractivity contribution >= 4 is 17.9 Å². The number of nitro groups is 1. The van der Waals surface area contributed by atoms with Gasteiger partial charge in [-0.05, 0) is 19.8 Å². The van der Waals surface area contributed by atoms with Gasteiger partial charge in [-0.15, -0.1) is 0 Å². The molecule has 0 N–H and O–H groups in total. The average molecular weight is 279 g/mol. The van der Waals surface area contributed by atoms with Crippen molar-refractivity contribution in [1.82, 2.24) is 14.7 Å². The molecule has 0 saturated heterocycles. The SMILES string of the molecule is Cc1c([N+](=O)[O-])cnn1C1CC(C(=O)N=CN(C)C)C1. The highest BCUT2D eigenvalue weighted by Crippen LogP contribution is 2.39. The van der Waals surface area contributed by atoms with E-state index in [4.69, 9.17) is 0 Å². The van der Waals surface area contributed by atoms with Crippen molar-refractivity contribution in [2.45, 2.75) is 25.8 Å². The average Bonchev–Trinajstić information content (AvgIpc) is 2.67. The van der Waals surface area contributed by atoms with Crippen LogP contribution in [0, 0.1) is 23.0 Å². The fraction of sp³-hybridized carbons (Fsp3) is 0.583. The van der Waals surface area contributed by atoms with Gasteiger partial charge in [-0.25, -0.2) is 4.99 Å². The van der Waals surface area contributed by atoms with Crippen LogP contribution >= 0.6 is 0 Å². The Kier molecular flexibility index (Phi) is 3.82. The lowest BCUT2D eigenvalue weighted by molar-refractivity contribution is -0.385. The molecule has 0 radical (unpaired) electrons. The van der Waals surface area contributed by atoms with Crippen molar-refractivity contribution in [3.8, 4) is 0 Å². The van der Waals surface area contributed by atoms with Crippen molar-refractivity contribution in [2.75, 3.05) is 14.1 Å². The molecule has 0 unspecified atom stereocenters. The Morgan fingerprint density at radius 2 is 2.25 bits per heavy atom. The number of nitrogens with zero attached hydrogens (tertiary/aromatic N) is 5. The van der Waals surface area contributed by atoms with E-state index in [9.17, 15) is 14.9 Å². The van der Waals surface area contributed by atoms with Crippen LogP contribution in [0.1, 0.15) is 24.6 Å². The van der Waals surface area contributed by atoms with Crippen LogP contribution < -0.4 is 0 Å². The summed E-state index contributed by atoms with van der Waals surface area (Å²) in [6.45, 7) is 1.67. The third-order valence-corrected chi connectivity index (χ3v) is 3.44.